The maximum absolute atomic E-state index is 5.67. The first kappa shape index (κ1) is 22.7. The molecule has 35 heavy (non-hydrogen) atoms. The van der Waals surface area contributed by atoms with Crippen LogP contribution in [0, 0.1) is 0 Å². The molecule has 6 nitrogen and oxygen atoms in total. The zero-order valence-electron chi connectivity index (χ0n) is 20.2. The SMILES string of the molecule is COc1ccc(Cn2c(CCc3ccccc3)nnc2CCc2c[nH]c3ccccc23)c(OC)c1. The number of aromatic amines is 1. The molecule has 0 spiro atoms. The zero-order chi connectivity index (χ0) is 24.0. The fourth-order valence-electron chi connectivity index (χ4n) is 4.56. The summed E-state index contributed by atoms with van der Waals surface area (Å²) in [6.45, 7) is 0.646. The number of H-pyrrole nitrogens is 1. The van der Waals surface area contributed by atoms with Gasteiger partial charge >= 0.3 is 0 Å². The van der Waals surface area contributed by atoms with Gasteiger partial charge in [-0.2, -0.15) is 0 Å². The minimum absolute atomic E-state index is 0.646. The number of rotatable bonds is 10. The van der Waals surface area contributed by atoms with E-state index in [0.717, 1.165) is 59.9 Å². The van der Waals surface area contributed by atoms with E-state index in [4.69, 9.17) is 9.47 Å². The number of fused-ring (bicyclic) bond motifs is 1. The average Bonchev–Trinajstić information content (AvgIpc) is 3.50. The topological polar surface area (TPSA) is 65.0 Å². The van der Waals surface area contributed by atoms with Crippen LogP contribution >= 0.6 is 0 Å². The Balaban J connectivity index is 1.42. The van der Waals surface area contributed by atoms with Gasteiger partial charge in [0.25, 0.3) is 0 Å². The first-order valence-electron chi connectivity index (χ1n) is 12.0. The highest BCUT2D eigenvalue weighted by molar-refractivity contribution is 5.83. The quantitative estimate of drug-likeness (QED) is 0.300. The zero-order valence-corrected chi connectivity index (χ0v) is 20.2. The van der Waals surface area contributed by atoms with Gasteiger partial charge in [0.05, 0.1) is 20.8 Å². The van der Waals surface area contributed by atoms with Gasteiger partial charge < -0.3 is 19.0 Å². The molecular formula is C29H30N4O2. The Hall–Kier alpha value is -4.06. The third kappa shape index (κ3) is 5.06. The van der Waals surface area contributed by atoms with Gasteiger partial charge in [-0.1, -0.05) is 48.5 Å². The van der Waals surface area contributed by atoms with Crippen LogP contribution in [0.4, 0.5) is 0 Å². The van der Waals surface area contributed by atoms with Crippen molar-refractivity contribution in [1.29, 1.82) is 0 Å². The monoisotopic (exact) mass is 466 g/mol. The molecule has 0 radical (unpaired) electrons. The average molecular weight is 467 g/mol. The lowest BCUT2D eigenvalue weighted by atomic mass is 10.1. The molecule has 0 aliphatic rings. The lowest BCUT2D eigenvalue weighted by Crippen LogP contribution is -2.12. The molecule has 2 heterocycles. The van der Waals surface area contributed by atoms with Crippen molar-refractivity contribution in [2.24, 2.45) is 0 Å². The van der Waals surface area contributed by atoms with Crippen LogP contribution in [0.15, 0.2) is 79.0 Å². The van der Waals surface area contributed by atoms with Crippen molar-refractivity contribution in [3.05, 3.63) is 107 Å². The van der Waals surface area contributed by atoms with Gasteiger partial charge in [-0.25, -0.2) is 0 Å². The van der Waals surface area contributed by atoms with E-state index in [1.807, 2.05) is 18.2 Å². The van der Waals surface area contributed by atoms with E-state index in [1.165, 1.54) is 16.5 Å². The molecule has 0 atom stereocenters. The highest BCUT2D eigenvalue weighted by Gasteiger charge is 2.16. The van der Waals surface area contributed by atoms with Crippen molar-refractivity contribution in [3.63, 3.8) is 0 Å². The maximum Gasteiger partial charge on any atom is 0.133 e. The molecule has 2 aromatic heterocycles. The lowest BCUT2D eigenvalue weighted by molar-refractivity contribution is 0.390. The van der Waals surface area contributed by atoms with Crippen molar-refractivity contribution in [1.82, 2.24) is 19.7 Å². The molecule has 0 bridgehead atoms. The normalized spacial score (nSPS) is 11.1. The van der Waals surface area contributed by atoms with Crippen molar-refractivity contribution in [2.75, 3.05) is 14.2 Å². The van der Waals surface area contributed by atoms with Gasteiger partial charge in [0.15, 0.2) is 0 Å². The summed E-state index contributed by atoms with van der Waals surface area (Å²) in [6.07, 6.45) is 5.54. The molecule has 5 aromatic rings. The molecule has 0 saturated carbocycles. The van der Waals surface area contributed by atoms with E-state index in [1.54, 1.807) is 14.2 Å². The van der Waals surface area contributed by atoms with E-state index in [2.05, 4.69) is 80.5 Å². The van der Waals surface area contributed by atoms with E-state index < -0.39 is 0 Å². The molecule has 3 aromatic carbocycles. The van der Waals surface area contributed by atoms with Gasteiger partial charge in [-0.15, -0.1) is 10.2 Å². The highest BCUT2D eigenvalue weighted by atomic mass is 16.5. The van der Waals surface area contributed by atoms with Crippen LogP contribution in [0.5, 0.6) is 11.5 Å². The van der Waals surface area contributed by atoms with E-state index in [0.29, 0.717) is 6.54 Å². The fraction of sp³-hybridized carbons (Fsp3) is 0.241. The number of aromatic nitrogens is 4. The van der Waals surface area contributed by atoms with Crippen LogP contribution < -0.4 is 9.47 Å². The molecule has 0 amide bonds. The second-order valence-corrected chi connectivity index (χ2v) is 8.64. The third-order valence-corrected chi connectivity index (χ3v) is 6.50. The fourth-order valence-corrected chi connectivity index (χ4v) is 4.56. The van der Waals surface area contributed by atoms with E-state index >= 15 is 0 Å². The number of para-hydroxylation sites is 1. The molecule has 0 unspecified atom stereocenters. The minimum atomic E-state index is 0.646. The lowest BCUT2D eigenvalue weighted by Gasteiger charge is -2.14. The number of nitrogens with zero attached hydrogens (tertiary/aromatic N) is 3. The second kappa shape index (κ2) is 10.5. The number of methoxy groups -OCH3 is 2. The molecule has 6 heteroatoms. The van der Waals surface area contributed by atoms with Crippen LogP contribution in [0.3, 0.4) is 0 Å². The van der Waals surface area contributed by atoms with Crippen LogP contribution in [0.1, 0.15) is 28.3 Å². The van der Waals surface area contributed by atoms with Crippen LogP contribution in [0.2, 0.25) is 0 Å². The van der Waals surface area contributed by atoms with Gasteiger partial charge in [0.2, 0.25) is 0 Å². The van der Waals surface area contributed by atoms with Crippen LogP contribution in [0.25, 0.3) is 10.9 Å². The highest BCUT2D eigenvalue weighted by Crippen LogP contribution is 2.27. The van der Waals surface area contributed by atoms with Crippen LogP contribution in [-0.4, -0.2) is 34.0 Å². The van der Waals surface area contributed by atoms with Gasteiger partial charge in [0, 0.05) is 41.6 Å². The molecule has 0 aliphatic heterocycles. The standard InChI is InChI=1S/C29H30N4O2/c1-34-24-15-13-23(27(18-24)35-2)20-33-28(16-12-21-8-4-3-5-9-21)31-32-29(33)17-14-22-19-30-26-11-7-6-10-25(22)26/h3-11,13,15,18-19,30H,12,14,16-17,20H2,1-2H3. The summed E-state index contributed by atoms with van der Waals surface area (Å²) in [7, 11) is 3.36. The Morgan fingerprint density at radius 2 is 1.49 bits per heavy atom. The van der Waals surface area contributed by atoms with Crippen molar-refractivity contribution >= 4 is 10.9 Å². The maximum atomic E-state index is 5.67. The molecule has 0 aliphatic carbocycles. The number of nitrogens with one attached hydrogen (secondary N) is 1. The van der Waals surface area contributed by atoms with E-state index in [9.17, 15) is 0 Å². The Kier molecular flexibility index (Phi) is 6.80. The molecule has 0 saturated heterocycles. The number of ether oxygens (including phenoxy) is 2. The molecule has 1 N–H and O–H groups in total. The summed E-state index contributed by atoms with van der Waals surface area (Å²) in [6, 6.07) is 24.9. The van der Waals surface area contributed by atoms with Crippen molar-refractivity contribution in [2.45, 2.75) is 32.2 Å². The summed E-state index contributed by atoms with van der Waals surface area (Å²) in [4.78, 5) is 3.38. The summed E-state index contributed by atoms with van der Waals surface area (Å²) < 4.78 is 13.3. The predicted octanol–water partition coefficient (Wildman–Crippen LogP) is 5.40. The number of benzene rings is 3. The van der Waals surface area contributed by atoms with Crippen molar-refractivity contribution < 1.29 is 9.47 Å². The second-order valence-electron chi connectivity index (χ2n) is 8.64. The Bertz CT molecular complexity index is 1410. The largest absolute Gasteiger partial charge is 0.497 e. The van der Waals surface area contributed by atoms with E-state index in [-0.39, 0.29) is 0 Å². The first-order valence-corrected chi connectivity index (χ1v) is 12.0. The number of hydrogen-bond donors (Lipinski definition) is 1. The van der Waals surface area contributed by atoms with Crippen LogP contribution in [-0.2, 0) is 32.2 Å². The minimum Gasteiger partial charge on any atom is -0.497 e. The molecule has 5 rings (SSSR count). The number of aryl methyl sites for hydroxylation is 4. The smallest absolute Gasteiger partial charge is 0.133 e. The third-order valence-electron chi connectivity index (χ3n) is 6.50. The summed E-state index contributed by atoms with van der Waals surface area (Å²) in [5.74, 6) is 3.55. The predicted molar refractivity (Wildman–Crippen MR) is 138 cm³/mol. The van der Waals surface area contributed by atoms with Gasteiger partial charge in [-0.3, -0.25) is 0 Å². The molecular weight excluding hydrogens is 436 g/mol. The van der Waals surface area contributed by atoms with Crippen molar-refractivity contribution in [3.8, 4) is 11.5 Å². The molecule has 178 valence electrons. The number of hydrogen-bond acceptors (Lipinski definition) is 4. The Morgan fingerprint density at radius 3 is 2.26 bits per heavy atom. The first-order chi connectivity index (χ1) is 17.2. The Morgan fingerprint density at radius 1 is 0.743 bits per heavy atom. The van der Waals surface area contributed by atoms with Gasteiger partial charge in [-0.05, 0) is 42.2 Å². The summed E-state index contributed by atoms with van der Waals surface area (Å²) in [5, 5.41) is 10.5. The summed E-state index contributed by atoms with van der Waals surface area (Å²) >= 11 is 0. The molecule has 0 fully saturated rings. The summed E-state index contributed by atoms with van der Waals surface area (Å²) in [5.41, 5.74) is 4.82. The Labute approximate surface area is 205 Å². The van der Waals surface area contributed by atoms with Gasteiger partial charge in [0.1, 0.15) is 23.1 Å².